The largest absolute Gasteiger partial charge is 0.349 e. The summed E-state index contributed by atoms with van der Waals surface area (Å²) in [5.74, 6) is -0.159. The number of carbonyl (C=O) groups is 1. The number of carbonyl (C=O) groups excluding carboxylic acids is 1. The minimum Gasteiger partial charge on any atom is -0.349 e. The van der Waals surface area contributed by atoms with E-state index in [0.717, 1.165) is 21.2 Å². The summed E-state index contributed by atoms with van der Waals surface area (Å²) in [4.78, 5) is 15.3. The number of nitrogens with one attached hydrogen (secondary N) is 1. The van der Waals surface area contributed by atoms with E-state index in [9.17, 15) is 4.79 Å². The molecule has 0 aliphatic rings. The summed E-state index contributed by atoms with van der Waals surface area (Å²) in [5, 5.41) is 5.13. The van der Waals surface area contributed by atoms with Crippen LogP contribution in [-0.4, -0.2) is 31.4 Å². The Balaban J connectivity index is 1.81. The molecule has 1 heterocycles. The number of rotatable bonds is 5. The Labute approximate surface area is 167 Å². The van der Waals surface area contributed by atoms with E-state index in [1.54, 1.807) is 0 Å². The zero-order valence-corrected chi connectivity index (χ0v) is 17.2. The molecule has 0 saturated heterocycles. The average Bonchev–Trinajstić information content (AvgIpc) is 2.92. The highest BCUT2D eigenvalue weighted by molar-refractivity contribution is 7.21. The van der Waals surface area contributed by atoms with Crippen LogP contribution in [0.2, 0.25) is 10.0 Å². The van der Waals surface area contributed by atoms with Crippen LogP contribution in [0.1, 0.15) is 26.8 Å². The third-order valence-electron chi connectivity index (χ3n) is 4.33. The summed E-state index contributed by atoms with van der Waals surface area (Å²) in [5.41, 5.74) is 2.13. The Bertz CT molecular complexity index is 952. The van der Waals surface area contributed by atoms with Crippen molar-refractivity contribution in [3.8, 4) is 0 Å². The molecule has 0 saturated carbocycles. The smallest absolute Gasteiger partial charge is 0.262 e. The first-order valence-electron chi connectivity index (χ1n) is 8.26. The molecule has 1 aromatic heterocycles. The number of benzene rings is 2. The molecule has 1 amide bonds. The van der Waals surface area contributed by atoms with Gasteiger partial charge in [-0.2, -0.15) is 0 Å². The molecule has 136 valence electrons. The lowest BCUT2D eigenvalue weighted by Gasteiger charge is -2.25. The molecule has 6 heteroatoms. The lowest BCUT2D eigenvalue weighted by molar-refractivity contribution is 0.0946. The van der Waals surface area contributed by atoms with Crippen LogP contribution in [0, 0.1) is 6.92 Å². The highest BCUT2D eigenvalue weighted by atomic mass is 35.5. The van der Waals surface area contributed by atoms with Crippen LogP contribution in [-0.2, 0) is 0 Å². The maximum Gasteiger partial charge on any atom is 0.262 e. The molecular formula is C20H20Cl2N2OS. The van der Waals surface area contributed by atoms with Gasteiger partial charge < -0.3 is 10.2 Å². The van der Waals surface area contributed by atoms with Gasteiger partial charge in [0, 0.05) is 21.7 Å². The van der Waals surface area contributed by atoms with Gasteiger partial charge in [0.1, 0.15) is 4.88 Å². The Hall–Kier alpha value is -1.59. The molecule has 0 radical (unpaired) electrons. The number of hydrogen-bond acceptors (Lipinski definition) is 3. The first-order chi connectivity index (χ1) is 12.4. The first kappa shape index (κ1) is 19.2. The molecule has 0 unspecified atom stereocenters. The van der Waals surface area contributed by atoms with Crippen molar-refractivity contribution in [1.29, 1.82) is 0 Å². The second-order valence-electron chi connectivity index (χ2n) is 6.46. The van der Waals surface area contributed by atoms with Crippen LogP contribution < -0.4 is 5.32 Å². The van der Waals surface area contributed by atoms with Gasteiger partial charge in [-0.25, -0.2) is 0 Å². The van der Waals surface area contributed by atoms with E-state index in [1.807, 2.05) is 62.3 Å². The van der Waals surface area contributed by atoms with Gasteiger partial charge >= 0.3 is 0 Å². The standard InChI is InChI=1S/C20H20Cl2N2OS/c1-12-8-9-14-17(10-12)26-19(18(14)22)20(25)23-11-16(24(2)3)13-6-4-5-7-15(13)21/h4-10,16H,11H2,1-3H3,(H,23,25)/t16-/m1/s1. The molecular weight excluding hydrogens is 387 g/mol. The van der Waals surface area contributed by atoms with E-state index in [0.29, 0.717) is 21.5 Å². The fraction of sp³-hybridized carbons (Fsp3) is 0.250. The number of halogens is 2. The SMILES string of the molecule is Cc1ccc2c(Cl)c(C(=O)NC[C@H](c3ccccc3Cl)N(C)C)sc2c1. The summed E-state index contributed by atoms with van der Waals surface area (Å²) in [6.45, 7) is 2.47. The second-order valence-corrected chi connectivity index (χ2v) is 8.29. The van der Waals surface area contributed by atoms with Crippen molar-refractivity contribution in [1.82, 2.24) is 10.2 Å². The van der Waals surface area contributed by atoms with Crippen LogP contribution in [0.3, 0.4) is 0 Å². The van der Waals surface area contributed by atoms with Gasteiger partial charge in [-0.15, -0.1) is 11.3 Å². The topological polar surface area (TPSA) is 32.3 Å². The van der Waals surface area contributed by atoms with E-state index < -0.39 is 0 Å². The van der Waals surface area contributed by atoms with Crippen molar-refractivity contribution in [2.75, 3.05) is 20.6 Å². The Morgan fingerprint density at radius 2 is 1.92 bits per heavy atom. The van der Waals surface area contributed by atoms with Crippen molar-refractivity contribution in [2.24, 2.45) is 0 Å². The predicted octanol–water partition coefficient (Wildman–Crippen LogP) is 5.55. The van der Waals surface area contributed by atoms with Crippen LogP contribution in [0.4, 0.5) is 0 Å². The zero-order valence-electron chi connectivity index (χ0n) is 14.8. The second kappa shape index (κ2) is 7.97. The first-order valence-corrected chi connectivity index (χ1v) is 9.83. The monoisotopic (exact) mass is 406 g/mol. The molecule has 1 atom stereocenters. The summed E-state index contributed by atoms with van der Waals surface area (Å²) in [6.07, 6.45) is 0. The van der Waals surface area contributed by atoms with Gasteiger partial charge in [-0.3, -0.25) is 4.79 Å². The van der Waals surface area contributed by atoms with Crippen molar-refractivity contribution in [3.05, 3.63) is 68.5 Å². The van der Waals surface area contributed by atoms with Crippen LogP contribution in [0.25, 0.3) is 10.1 Å². The molecule has 0 aliphatic carbocycles. The maximum atomic E-state index is 12.7. The number of hydrogen-bond donors (Lipinski definition) is 1. The van der Waals surface area contributed by atoms with Gasteiger partial charge in [0.2, 0.25) is 0 Å². The van der Waals surface area contributed by atoms with Gasteiger partial charge in [-0.1, -0.05) is 53.5 Å². The van der Waals surface area contributed by atoms with E-state index in [1.165, 1.54) is 11.3 Å². The highest BCUT2D eigenvalue weighted by Gasteiger charge is 2.21. The van der Waals surface area contributed by atoms with Crippen molar-refractivity contribution in [2.45, 2.75) is 13.0 Å². The third kappa shape index (κ3) is 3.89. The fourth-order valence-corrected chi connectivity index (χ4v) is 4.70. The molecule has 0 bridgehead atoms. The summed E-state index contributed by atoms with van der Waals surface area (Å²) in [6, 6.07) is 13.7. The van der Waals surface area contributed by atoms with Crippen LogP contribution in [0.15, 0.2) is 42.5 Å². The van der Waals surface area contributed by atoms with Crippen LogP contribution >= 0.6 is 34.5 Å². The van der Waals surface area contributed by atoms with Gasteiger partial charge in [0.15, 0.2) is 0 Å². The molecule has 3 rings (SSSR count). The normalized spacial score (nSPS) is 12.5. The molecule has 26 heavy (non-hydrogen) atoms. The molecule has 3 aromatic rings. The molecule has 2 aromatic carbocycles. The van der Waals surface area contributed by atoms with Crippen molar-refractivity contribution < 1.29 is 4.79 Å². The Morgan fingerprint density at radius 1 is 1.19 bits per heavy atom. The molecule has 3 nitrogen and oxygen atoms in total. The van der Waals surface area contributed by atoms with Gasteiger partial charge in [0.05, 0.1) is 11.1 Å². The third-order valence-corrected chi connectivity index (χ3v) is 6.33. The maximum absolute atomic E-state index is 12.7. The number of amides is 1. The molecule has 1 N–H and O–H groups in total. The minimum atomic E-state index is -0.159. The Kier molecular flexibility index (Phi) is 5.88. The summed E-state index contributed by atoms with van der Waals surface area (Å²) < 4.78 is 1.02. The lowest BCUT2D eigenvalue weighted by atomic mass is 10.1. The number of fused-ring (bicyclic) bond motifs is 1. The average molecular weight is 407 g/mol. The van der Waals surface area contributed by atoms with E-state index in [-0.39, 0.29) is 11.9 Å². The minimum absolute atomic E-state index is 0.0250. The zero-order chi connectivity index (χ0) is 18.8. The summed E-state index contributed by atoms with van der Waals surface area (Å²) in [7, 11) is 3.94. The van der Waals surface area contributed by atoms with Crippen molar-refractivity contribution >= 4 is 50.5 Å². The number of aryl methyl sites for hydroxylation is 1. The van der Waals surface area contributed by atoms with Crippen LogP contribution in [0.5, 0.6) is 0 Å². The highest BCUT2D eigenvalue weighted by Crippen LogP contribution is 2.36. The number of nitrogens with zero attached hydrogens (tertiary/aromatic N) is 1. The predicted molar refractivity (Wildman–Crippen MR) is 112 cm³/mol. The van der Waals surface area contributed by atoms with Gasteiger partial charge in [0.25, 0.3) is 5.91 Å². The van der Waals surface area contributed by atoms with Gasteiger partial charge in [-0.05, 0) is 44.3 Å². The van der Waals surface area contributed by atoms with Crippen molar-refractivity contribution in [3.63, 3.8) is 0 Å². The van der Waals surface area contributed by atoms with E-state index >= 15 is 0 Å². The molecule has 0 spiro atoms. The Morgan fingerprint density at radius 3 is 2.62 bits per heavy atom. The summed E-state index contributed by atoms with van der Waals surface area (Å²) >= 11 is 14.2. The lowest BCUT2D eigenvalue weighted by Crippen LogP contribution is -2.34. The molecule has 0 aliphatic heterocycles. The number of likely N-dealkylation sites (N-methyl/N-ethyl adjacent to an activating group) is 1. The quantitative estimate of drug-likeness (QED) is 0.602. The molecule has 0 fully saturated rings. The fourth-order valence-electron chi connectivity index (χ4n) is 2.90. The number of thiophene rings is 1. The van der Waals surface area contributed by atoms with E-state index in [4.69, 9.17) is 23.2 Å². The van der Waals surface area contributed by atoms with E-state index in [2.05, 4.69) is 11.4 Å².